The number of carbonyl (C=O) groups is 2. The molecule has 1 aliphatic carbocycles. The van der Waals surface area contributed by atoms with Gasteiger partial charge in [0.15, 0.2) is 6.80 Å². The molecule has 2 fully saturated rings. The average Bonchev–Trinajstić information content (AvgIpc) is 2.66. The van der Waals surface area contributed by atoms with Gasteiger partial charge in [-0.1, -0.05) is 24.2 Å². The number of amides is 2. The minimum absolute atomic E-state index is 0. The molecule has 2 aliphatic rings. The summed E-state index contributed by atoms with van der Waals surface area (Å²) in [6, 6.07) is 0. The number of carbonyl (C=O) groups excluding carboxylic acids is 2. The van der Waals surface area contributed by atoms with Gasteiger partial charge in [-0.2, -0.15) is 0 Å². The van der Waals surface area contributed by atoms with Crippen LogP contribution in [0.1, 0.15) is 25.7 Å². The van der Waals surface area contributed by atoms with Crippen LogP contribution in [0.5, 0.6) is 0 Å². The summed E-state index contributed by atoms with van der Waals surface area (Å²) in [7, 11) is 0. The molecule has 3 atom stereocenters. The first kappa shape index (κ1) is 20.6. The van der Waals surface area contributed by atoms with Crippen molar-refractivity contribution in [3.63, 3.8) is 0 Å². The van der Waals surface area contributed by atoms with Crippen molar-refractivity contribution in [1.82, 2.24) is 10.2 Å². The van der Waals surface area contributed by atoms with Crippen LogP contribution in [0, 0.1) is 11.8 Å². The molecule has 0 aromatic rings. The first-order chi connectivity index (χ1) is 9.90. The maximum absolute atomic E-state index is 12.2. The molecule has 0 radical (unpaired) electrons. The fourth-order valence-electron chi connectivity index (χ4n) is 3.00. The van der Waals surface area contributed by atoms with Crippen molar-refractivity contribution in [3.05, 3.63) is 0 Å². The van der Waals surface area contributed by atoms with Crippen LogP contribution in [0.15, 0.2) is 0 Å². The van der Waals surface area contributed by atoms with Crippen LogP contribution in [0.4, 0.5) is 0 Å². The number of nitrogens with one attached hydrogen (secondary N) is 1. The zero-order valence-corrected chi connectivity index (χ0v) is 16.4. The predicted octanol–water partition coefficient (Wildman–Crippen LogP) is -3.05. The van der Waals surface area contributed by atoms with Gasteiger partial charge in [-0.3, -0.25) is 19.1 Å². The van der Waals surface area contributed by atoms with Crippen molar-refractivity contribution >= 4 is 30.0 Å². The first-order valence-corrected chi connectivity index (χ1v) is 10.3. The third kappa shape index (κ3) is 5.60. The van der Waals surface area contributed by atoms with E-state index in [4.69, 9.17) is 4.89 Å². The van der Waals surface area contributed by atoms with E-state index in [-0.39, 0.29) is 59.0 Å². The van der Waals surface area contributed by atoms with Gasteiger partial charge in [0.1, 0.15) is 0 Å². The molecule has 2 amide bonds. The molecule has 7 nitrogen and oxygen atoms in total. The van der Waals surface area contributed by atoms with Crippen LogP contribution in [0.2, 0.25) is 0 Å². The molecule has 0 aromatic carbocycles. The topological polar surface area (TPSA) is 110 Å². The maximum atomic E-state index is 12.2. The Morgan fingerprint density at radius 1 is 1.23 bits per heavy atom. The van der Waals surface area contributed by atoms with Gasteiger partial charge in [0.25, 0.3) is 0 Å². The number of likely N-dealkylation sites (tertiary alicyclic amines) is 1. The van der Waals surface area contributed by atoms with Crippen molar-refractivity contribution < 1.29 is 53.5 Å². The molecule has 10 heteroatoms. The van der Waals surface area contributed by atoms with Gasteiger partial charge in [-0.05, 0) is 12.8 Å². The van der Waals surface area contributed by atoms with Crippen LogP contribution in [-0.4, -0.2) is 47.0 Å². The molecule has 1 aliphatic heterocycles. The number of rotatable bonds is 7. The van der Waals surface area contributed by atoms with Gasteiger partial charge in [0.05, 0.1) is 11.8 Å². The molecule has 0 bridgehead atoms. The third-order valence-corrected chi connectivity index (χ3v) is 6.22. The normalized spacial score (nSPS) is 27.3. The van der Waals surface area contributed by atoms with Crippen LogP contribution in [-0.2, 0) is 14.2 Å². The molecule has 0 aromatic heterocycles. The summed E-state index contributed by atoms with van der Waals surface area (Å²) < 4.78 is 10.5. The van der Waals surface area contributed by atoms with Crippen LogP contribution in [0.3, 0.4) is 0 Å². The smallest absolute Gasteiger partial charge is 0.770 e. The Labute approximate surface area is 156 Å². The molecule has 2 rings (SSSR count). The maximum Gasteiger partial charge on any atom is 1.00 e. The Kier molecular flexibility index (Phi) is 8.61. The number of imide groups is 1. The monoisotopic (exact) mass is 358 g/mol. The fourth-order valence-corrected chi connectivity index (χ4v) is 4.43. The van der Waals surface area contributed by atoms with E-state index in [1.165, 1.54) is 4.90 Å². The van der Waals surface area contributed by atoms with Crippen LogP contribution in [0.25, 0.3) is 0 Å². The minimum Gasteiger partial charge on any atom is -0.770 e. The van der Waals surface area contributed by atoms with Gasteiger partial charge in [-0.15, -0.1) is 0 Å². The Morgan fingerprint density at radius 3 is 2.27 bits per heavy atom. The minimum atomic E-state index is -4.26. The van der Waals surface area contributed by atoms with Gasteiger partial charge < -0.3 is 15.1 Å². The predicted molar refractivity (Wildman–Crippen MR) is 77.3 cm³/mol. The van der Waals surface area contributed by atoms with E-state index in [0.717, 1.165) is 25.7 Å². The summed E-state index contributed by atoms with van der Waals surface area (Å²) in [5.74, 6) is -0.129. The van der Waals surface area contributed by atoms with Crippen molar-refractivity contribution in [1.29, 1.82) is 0 Å². The average molecular weight is 358 g/mol. The van der Waals surface area contributed by atoms with E-state index >= 15 is 0 Å². The standard InChI is InChI=1S/C12H21N2O5PS.Na/c15-11-9-3-1-2-4-10(9)12(16)14(11)7-5-13-6-8-21-20(17,18)19;/h9-10,13H,1-8H2,(H2,17,18,19);/q;+1/p-1/t9-,10+;. The Balaban J connectivity index is 0.00000242. The second kappa shape index (κ2) is 9.18. The zero-order valence-electron chi connectivity index (χ0n) is 12.7. The van der Waals surface area contributed by atoms with Crippen LogP contribution < -0.4 is 39.8 Å². The number of fused-ring (bicyclic) bond motifs is 1. The molecular formula is C12H20N2NaO5PS. The molecule has 1 saturated carbocycles. The summed E-state index contributed by atoms with van der Waals surface area (Å²) in [6.45, 7) is -3.12. The van der Waals surface area contributed by atoms with Gasteiger partial charge >= 0.3 is 29.6 Å². The fraction of sp³-hybridized carbons (Fsp3) is 0.833. The molecule has 0 spiro atoms. The van der Waals surface area contributed by atoms with Gasteiger partial charge in [0.2, 0.25) is 11.8 Å². The van der Waals surface area contributed by atoms with Crippen molar-refractivity contribution in [3.8, 4) is 0 Å². The zero-order chi connectivity index (χ0) is 15.5. The quantitative estimate of drug-likeness (QED) is 0.215. The van der Waals surface area contributed by atoms with E-state index in [1.54, 1.807) is 0 Å². The summed E-state index contributed by atoms with van der Waals surface area (Å²) in [5.41, 5.74) is 0. The number of nitrogens with zero attached hydrogens (tertiary/aromatic N) is 1. The number of hydrogen-bond acceptors (Lipinski definition) is 6. The molecule has 2 N–H and O–H groups in total. The third-order valence-electron chi connectivity index (χ3n) is 3.98. The number of hydrogen-bond donors (Lipinski definition) is 2. The Bertz CT molecular complexity index is 437. The summed E-state index contributed by atoms with van der Waals surface area (Å²) in [4.78, 5) is 44.8. The summed E-state index contributed by atoms with van der Waals surface area (Å²) >= 11 is 0.479. The Hall–Kier alpha value is 0.600. The van der Waals surface area contributed by atoms with Gasteiger partial charge in [0, 0.05) is 25.4 Å². The molecular weight excluding hydrogens is 338 g/mol. The molecule has 1 unspecified atom stereocenters. The largest absolute Gasteiger partial charge is 1.00 e. The van der Waals surface area contributed by atoms with Crippen LogP contribution >= 0.6 is 18.2 Å². The summed E-state index contributed by atoms with van der Waals surface area (Å²) in [6.07, 6.45) is 3.65. The Morgan fingerprint density at radius 2 is 1.77 bits per heavy atom. The van der Waals surface area contributed by atoms with Crippen molar-refractivity contribution in [2.75, 3.05) is 25.4 Å². The molecule has 1 saturated heterocycles. The summed E-state index contributed by atoms with van der Waals surface area (Å²) in [5, 5.41) is 2.97. The van der Waals surface area contributed by atoms with E-state index in [0.29, 0.717) is 31.0 Å². The van der Waals surface area contributed by atoms with E-state index in [1.807, 2.05) is 0 Å². The SMILES string of the molecule is O=C1[C@H]2CCCC[C@H]2C(=O)N1CCNCCSP(=O)([O-])O.[Na+]. The van der Waals surface area contributed by atoms with Gasteiger partial charge in [-0.25, -0.2) is 0 Å². The van der Waals surface area contributed by atoms with Crippen molar-refractivity contribution in [2.24, 2.45) is 11.8 Å². The van der Waals surface area contributed by atoms with Crippen molar-refractivity contribution in [2.45, 2.75) is 25.7 Å². The molecule has 22 heavy (non-hydrogen) atoms. The van der Waals surface area contributed by atoms with E-state index in [2.05, 4.69) is 5.32 Å². The second-order valence-corrected chi connectivity index (χ2v) is 9.14. The first-order valence-electron chi connectivity index (χ1n) is 7.14. The molecule has 120 valence electrons. The second-order valence-electron chi connectivity index (χ2n) is 5.38. The van der Waals surface area contributed by atoms with E-state index < -0.39 is 6.80 Å². The molecule has 1 heterocycles. The van der Waals surface area contributed by atoms with E-state index in [9.17, 15) is 19.0 Å².